The van der Waals surface area contributed by atoms with E-state index in [-0.39, 0.29) is 47.0 Å². The van der Waals surface area contributed by atoms with Crippen LogP contribution in [0.25, 0.3) is 11.2 Å². The van der Waals surface area contributed by atoms with Crippen molar-refractivity contribution in [2.75, 3.05) is 12.0 Å². The van der Waals surface area contributed by atoms with Crippen molar-refractivity contribution in [2.24, 2.45) is 12.1 Å². The molecule has 0 bridgehead atoms. The normalized spacial score (nSPS) is 12.9. The topological polar surface area (TPSA) is 127 Å². The third kappa shape index (κ3) is 5.01. The summed E-state index contributed by atoms with van der Waals surface area (Å²) in [6, 6.07) is 4.22. The summed E-state index contributed by atoms with van der Waals surface area (Å²) in [6.07, 6.45) is 0.108. The molecule has 1 atom stereocenters. The van der Waals surface area contributed by atoms with Crippen molar-refractivity contribution < 1.29 is 14.2 Å². The van der Waals surface area contributed by atoms with E-state index in [0.29, 0.717) is 0 Å². The monoisotopic (exact) mass is 452 g/mol. The summed E-state index contributed by atoms with van der Waals surface area (Å²) in [7, 11) is 1.45. The second kappa shape index (κ2) is 9.41. The molecule has 31 heavy (non-hydrogen) atoms. The molecule has 0 aliphatic carbocycles. The number of aliphatic hydroxyl groups excluding tert-OH is 1. The number of hydrogen-bond acceptors (Lipinski definition) is 7. The van der Waals surface area contributed by atoms with E-state index in [0.717, 1.165) is 4.57 Å². The third-order valence-electron chi connectivity index (χ3n) is 4.38. The lowest BCUT2D eigenvalue weighted by atomic mass is 10.2. The van der Waals surface area contributed by atoms with Gasteiger partial charge in [0.15, 0.2) is 11.2 Å². The van der Waals surface area contributed by atoms with Gasteiger partial charge in [-0.15, -0.1) is 0 Å². The fraction of sp³-hybridized carbons (Fsp3) is 0.368. The van der Waals surface area contributed by atoms with Crippen LogP contribution in [0.5, 0.6) is 0 Å². The van der Waals surface area contributed by atoms with Gasteiger partial charge in [-0.25, -0.2) is 14.6 Å². The van der Waals surface area contributed by atoms with Gasteiger partial charge in [0.25, 0.3) is 5.56 Å². The van der Waals surface area contributed by atoms with Gasteiger partial charge >= 0.3 is 5.69 Å². The highest BCUT2D eigenvalue weighted by atomic mass is 35.5. The zero-order valence-electron chi connectivity index (χ0n) is 17.1. The van der Waals surface area contributed by atoms with Crippen molar-refractivity contribution in [2.45, 2.75) is 32.6 Å². The highest BCUT2D eigenvalue weighted by Gasteiger charge is 2.20. The number of benzene rings is 1. The number of fused-ring (bicyclic) bond motifs is 1. The molecule has 0 aliphatic rings. The second-order valence-corrected chi connectivity index (χ2v) is 7.48. The Morgan fingerprint density at radius 2 is 2.16 bits per heavy atom. The predicted octanol–water partition coefficient (Wildman–Crippen LogP) is 1.45. The van der Waals surface area contributed by atoms with Crippen molar-refractivity contribution in [1.82, 2.24) is 19.1 Å². The van der Waals surface area contributed by atoms with Crippen LogP contribution in [-0.2, 0) is 18.3 Å². The highest BCUT2D eigenvalue weighted by molar-refractivity contribution is 6.33. The summed E-state index contributed by atoms with van der Waals surface area (Å²) >= 11 is 5.98. The number of aryl methyl sites for hydroxylation is 1. The molecule has 0 amide bonds. The molecule has 3 rings (SSSR count). The fourth-order valence-corrected chi connectivity index (χ4v) is 3.07. The Bertz CT molecular complexity index is 1210. The minimum atomic E-state index is -0.970. The zero-order chi connectivity index (χ0) is 22.7. The standard InChI is InChI=1S/C19H22ClFN6O4/c1-10(2)31-9-11(28)8-27-15-16(26(3)19(30)24-17(15)29)23-18(27)25-22-7-12-13(20)5-4-6-14(12)21/h4-7,10-11,28H,8-9H2,1-3H3,(H,23,25)(H,24,29,30)/b22-7+/t11-/m1/s1. The first-order chi connectivity index (χ1) is 14.7. The van der Waals surface area contributed by atoms with Gasteiger partial charge in [-0.2, -0.15) is 10.1 Å². The number of nitrogens with zero attached hydrogens (tertiary/aromatic N) is 4. The lowest BCUT2D eigenvalue weighted by Crippen LogP contribution is -2.30. The molecule has 0 spiro atoms. The van der Waals surface area contributed by atoms with E-state index in [1.807, 2.05) is 13.8 Å². The van der Waals surface area contributed by atoms with E-state index in [2.05, 4.69) is 20.5 Å². The average Bonchev–Trinajstić information content (AvgIpc) is 3.05. The van der Waals surface area contributed by atoms with E-state index in [1.54, 1.807) is 0 Å². The van der Waals surface area contributed by atoms with Crippen molar-refractivity contribution in [1.29, 1.82) is 0 Å². The Labute approximate surface area is 180 Å². The van der Waals surface area contributed by atoms with E-state index in [1.165, 1.54) is 36.0 Å². The van der Waals surface area contributed by atoms with Gasteiger partial charge in [0.1, 0.15) is 5.82 Å². The number of halogens is 2. The molecule has 2 aromatic heterocycles. The van der Waals surface area contributed by atoms with E-state index < -0.39 is 23.2 Å². The highest BCUT2D eigenvalue weighted by Crippen LogP contribution is 2.18. The number of aromatic amines is 1. The van der Waals surface area contributed by atoms with Crippen molar-refractivity contribution in [3.05, 3.63) is 55.4 Å². The first-order valence-corrected chi connectivity index (χ1v) is 9.79. The van der Waals surface area contributed by atoms with Crippen LogP contribution in [0.3, 0.4) is 0 Å². The second-order valence-electron chi connectivity index (χ2n) is 7.08. The minimum absolute atomic E-state index is 0.0224. The zero-order valence-corrected chi connectivity index (χ0v) is 17.9. The molecule has 12 heteroatoms. The van der Waals surface area contributed by atoms with Crippen LogP contribution < -0.4 is 16.7 Å². The number of ether oxygens (including phenoxy) is 1. The van der Waals surface area contributed by atoms with Crippen molar-refractivity contribution in [3.8, 4) is 0 Å². The summed E-state index contributed by atoms with van der Waals surface area (Å²) < 4.78 is 21.9. The SMILES string of the molecule is CC(C)OC[C@H](O)Cn1c(N/N=C/c2c(F)cccc2Cl)nc2c1c(=O)[nH]c(=O)n2C. The molecular weight excluding hydrogens is 431 g/mol. The first-order valence-electron chi connectivity index (χ1n) is 9.41. The van der Waals surface area contributed by atoms with E-state index in [4.69, 9.17) is 16.3 Å². The number of aliphatic hydroxyl groups is 1. The molecule has 0 saturated heterocycles. The largest absolute Gasteiger partial charge is 0.389 e. The maximum Gasteiger partial charge on any atom is 0.329 e. The molecule has 2 heterocycles. The Hall–Kier alpha value is -3.02. The maximum absolute atomic E-state index is 13.9. The third-order valence-corrected chi connectivity index (χ3v) is 4.71. The summed E-state index contributed by atoms with van der Waals surface area (Å²) in [5.74, 6) is -0.499. The summed E-state index contributed by atoms with van der Waals surface area (Å²) in [4.78, 5) is 30.8. The molecule has 0 saturated carbocycles. The van der Waals surface area contributed by atoms with Crippen LogP contribution in [0, 0.1) is 5.82 Å². The van der Waals surface area contributed by atoms with Crippen LogP contribution in [0.4, 0.5) is 10.3 Å². The van der Waals surface area contributed by atoms with Gasteiger partial charge in [-0.05, 0) is 26.0 Å². The van der Waals surface area contributed by atoms with Crippen molar-refractivity contribution in [3.63, 3.8) is 0 Å². The molecule has 3 aromatic rings. The number of anilines is 1. The van der Waals surface area contributed by atoms with Crippen LogP contribution >= 0.6 is 11.6 Å². The molecule has 0 fully saturated rings. The van der Waals surface area contributed by atoms with E-state index in [9.17, 15) is 19.1 Å². The maximum atomic E-state index is 13.9. The quantitative estimate of drug-likeness (QED) is 0.351. The summed E-state index contributed by atoms with van der Waals surface area (Å²) in [5, 5.41) is 14.5. The van der Waals surface area contributed by atoms with Gasteiger partial charge in [0, 0.05) is 12.6 Å². The Kier molecular flexibility index (Phi) is 6.88. The summed E-state index contributed by atoms with van der Waals surface area (Å²) in [5.41, 5.74) is 1.53. The molecule has 10 nitrogen and oxygen atoms in total. The lowest BCUT2D eigenvalue weighted by molar-refractivity contribution is -0.000105. The van der Waals surface area contributed by atoms with Crippen LogP contribution in [0.2, 0.25) is 5.02 Å². The molecule has 0 radical (unpaired) electrons. The number of H-pyrrole nitrogens is 1. The minimum Gasteiger partial charge on any atom is -0.389 e. The molecule has 0 unspecified atom stereocenters. The Morgan fingerprint density at radius 1 is 1.42 bits per heavy atom. The first kappa shape index (κ1) is 22.7. The summed E-state index contributed by atoms with van der Waals surface area (Å²) in [6.45, 7) is 3.61. The van der Waals surface area contributed by atoms with Crippen LogP contribution in [0.1, 0.15) is 19.4 Å². The fourth-order valence-electron chi connectivity index (χ4n) is 2.85. The molecular formula is C19H22ClFN6O4. The molecule has 166 valence electrons. The average molecular weight is 453 g/mol. The van der Waals surface area contributed by atoms with Gasteiger partial charge in [0.05, 0.1) is 36.6 Å². The smallest absolute Gasteiger partial charge is 0.329 e. The molecule has 3 N–H and O–H groups in total. The Morgan fingerprint density at radius 3 is 2.84 bits per heavy atom. The van der Waals surface area contributed by atoms with Gasteiger partial charge in [0.2, 0.25) is 5.95 Å². The predicted molar refractivity (Wildman–Crippen MR) is 115 cm³/mol. The van der Waals surface area contributed by atoms with Crippen LogP contribution in [0.15, 0.2) is 32.9 Å². The number of hydrazone groups is 1. The van der Waals surface area contributed by atoms with Gasteiger partial charge in [-0.3, -0.25) is 14.3 Å². The molecule has 0 aliphatic heterocycles. The number of hydrogen-bond donors (Lipinski definition) is 3. The molecule has 1 aromatic carbocycles. The van der Waals surface area contributed by atoms with Crippen LogP contribution in [-0.4, -0.2) is 49.2 Å². The van der Waals surface area contributed by atoms with Gasteiger partial charge < -0.3 is 14.4 Å². The lowest BCUT2D eigenvalue weighted by Gasteiger charge is -2.15. The van der Waals surface area contributed by atoms with Crippen molar-refractivity contribution >= 4 is 34.9 Å². The number of rotatable bonds is 8. The number of aromatic nitrogens is 4. The Balaban J connectivity index is 2.00. The number of imidazole rings is 1. The number of nitrogens with one attached hydrogen (secondary N) is 2. The van der Waals surface area contributed by atoms with E-state index >= 15 is 0 Å². The van der Waals surface area contributed by atoms with Gasteiger partial charge in [-0.1, -0.05) is 17.7 Å².